The summed E-state index contributed by atoms with van der Waals surface area (Å²) in [6.45, 7) is 0. The third-order valence-electron chi connectivity index (χ3n) is 6.57. The Morgan fingerprint density at radius 2 is 2.03 bits per heavy atom. The van der Waals surface area contributed by atoms with Crippen LogP contribution >= 0.6 is 11.6 Å². The van der Waals surface area contributed by atoms with E-state index in [9.17, 15) is 0 Å². The lowest BCUT2D eigenvalue weighted by molar-refractivity contribution is 0.157. The van der Waals surface area contributed by atoms with E-state index in [1.54, 1.807) is 18.3 Å². The summed E-state index contributed by atoms with van der Waals surface area (Å²) in [5.41, 5.74) is 1.81. The molecule has 2 N–H and O–H groups in total. The largest absolute Gasteiger partial charge is 0.463 e. The first-order valence-electron chi connectivity index (χ1n) is 10.5. The Kier molecular flexibility index (Phi) is 4.41. The summed E-state index contributed by atoms with van der Waals surface area (Å²) in [7, 11) is 0. The van der Waals surface area contributed by atoms with Crippen molar-refractivity contribution in [1.29, 1.82) is 0 Å². The quantitative estimate of drug-likeness (QED) is 0.439. The number of fused-ring (bicyclic) bond motifs is 4. The number of nitrogens with one attached hydrogen (secondary N) is 2. The first kappa shape index (κ1) is 18.7. The van der Waals surface area contributed by atoms with Gasteiger partial charge in [-0.1, -0.05) is 24.4 Å². The number of hydrogen-bond acceptors (Lipinski definition) is 6. The van der Waals surface area contributed by atoms with Crippen molar-refractivity contribution in [1.82, 2.24) is 24.9 Å². The molecule has 1 atom stereocenters. The summed E-state index contributed by atoms with van der Waals surface area (Å²) in [6, 6.07) is 3.61. The molecule has 0 aliphatic heterocycles. The van der Waals surface area contributed by atoms with E-state index in [0.717, 1.165) is 6.42 Å². The molecular formula is C22H20ClFN6O. The van der Waals surface area contributed by atoms with Crippen molar-refractivity contribution >= 4 is 28.6 Å². The third-order valence-corrected chi connectivity index (χ3v) is 6.75. The molecule has 3 aliphatic carbocycles. The van der Waals surface area contributed by atoms with Gasteiger partial charge in [-0.2, -0.15) is 0 Å². The van der Waals surface area contributed by atoms with Gasteiger partial charge in [-0.25, -0.2) is 24.3 Å². The number of aromatic amines is 1. The minimum atomic E-state index is -0.510. The van der Waals surface area contributed by atoms with Crippen LogP contribution in [-0.4, -0.2) is 31.0 Å². The standard InChI is InChI=1S/C22H20ClFN6O/c23-16-10-26-22-18(28-16)13(9-25-22)20-29-19(15-2-1-7-31-15)17(24)21(30-20)27-14-8-11-3-5-12(14)6-4-11/h1-2,7,9-12,14H,3-6,8H2,(H,25,26)(H,27,29,30)/t11?,12?,14-/m0/s1. The lowest BCUT2D eigenvalue weighted by atomic mass is 9.68. The molecule has 3 saturated carbocycles. The molecule has 3 aliphatic rings. The van der Waals surface area contributed by atoms with E-state index >= 15 is 4.39 Å². The van der Waals surface area contributed by atoms with Crippen LogP contribution in [0.5, 0.6) is 0 Å². The van der Waals surface area contributed by atoms with E-state index in [4.69, 9.17) is 16.0 Å². The lowest BCUT2D eigenvalue weighted by Crippen LogP contribution is -2.40. The minimum Gasteiger partial charge on any atom is -0.463 e. The molecule has 7 nitrogen and oxygen atoms in total. The van der Waals surface area contributed by atoms with Gasteiger partial charge in [0, 0.05) is 12.2 Å². The van der Waals surface area contributed by atoms with Crippen LogP contribution in [0.25, 0.3) is 34.0 Å². The molecule has 3 fully saturated rings. The Labute approximate surface area is 182 Å². The van der Waals surface area contributed by atoms with Gasteiger partial charge in [-0.15, -0.1) is 0 Å². The molecular weight excluding hydrogens is 419 g/mol. The van der Waals surface area contributed by atoms with Crippen LogP contribution in [0.3, 0.4) is 0 Å². The molecule has 0 saturated heterocycles. The van der Waals surface area contributed by atoms with Gasteiger partial charge in [-0.3, -0.25) is 0 Å². The van der Waals surface area contributed by atoms with Crippen molar-refractivity contribution in [2.45, 2.75) is 38.1 Å². The number of furan rings is 1. The predicted octanol–water partition coefficient (Wildman–Crippen LogP) is 5.46. The van der Waals surface area contributed by atoms with Crippen LogP contribution in [0, 0.1) is 17.7 Å². The highest BCUT2D eigenvalue weighted by atomic mass is 35.5. The van der Waals surface area contributed by atoms with Crippen LogP contribution in [0.15, 0.2) is 35.2 Å². The monoisotopic (exact) mass is 438 g/mol. The van der Waals surface area contributed by atoms with E-state index in [1.807, 2.05) is 0 Å². The van der Waals surface area contributed by atoms with Crippen molar-refractivity contribution in [2.75, 3.05) is 5.32 Å². The molecule has 0 amide bonds. The average molecular weight is 439 g/mol. The SMILES string of the molecule is Fc1c(N[C@H]2CC3CCC2CC3)nc(-c2c[nH]c3ncc(Cl)nc23)nc1-c1ccco1. The highest BCUT2D eigenvalue weighted by Gasteiger charge is 2.36. The zero-order chi connectivity index (χ0) is 20.9. The van der Waals surface area contributed by atoms with Gasteiger partial charge in [0.1, 0.15) is 16.4 Å². The van der Waals surface area contributed by atoms with Crippen LogP contribution in [0.4, 0.5) is 10.2 Å². The van der Waals surface area contributed by atoms with Gasteiger partial charge in [0.25, 0.3) is 0 Å². The smallest absolute Gasteiger partial charge is 0.194 e. The van der Waals surface area contributed by atoms with Crippen LogP contribution < -0.4 is 5.32 Å². The molecule has 158 valence electrons. The Morgan fingerprint density at radius 1 is 1.16 bits per heavy atom. The maximum atomic E-state index is 15.5. The number of anilines is 1. The number of hydrogen-bond donors (Lipinski definition) is 2. The molecule has 31 heavy (non-hydrogen) atoms. The van der Waals surface area contributed by atoms with E-state index < -0.39 is 5.82 Å². The fourth-order valence-electron chi connectivity index (χ4n) is 5.01. The van der Waals surface area contributed by atoms with Crippen LogP contribution in [0.1, 0.15) is 32.1 Å². The normalized spacial score (nSPS) is 22.8. The maximum absolute atomic E-state index is 15.5. The molecule has 7 rings (SSSR count). The van der Waals surface area contributed by atoms with Gasteiger partial charge in [0.05, 0.1) is 18.0 Å². The number of H-pyrrole nitrogens is 1. The molecule has 0 unspecified atom stereocenters. The summed E-state index contributed by atoms with van der Waals surface area (Å²) in [4.78, 5) is 20.7. The fourth-order valence-corrected chi connectivity index (χ4v) is 5.14. The van der Waals surface area contributed by atoms with Gasteiger partial charge in [0.15, 0.2) is 28.9 Å². The number of halogens is 2. The first-order valence-corrected chi connectivity index (χ1v) is 10.9. The molecule has 4 aromatic heterocycles. The first-order chi connectivity index (χ1) is 15.2. The van der Waals surface area contributed by atoms with Crippen molar-refractivity contribution in [2.24, 2.45) is 11.8 Å². The Bertz CT molecular complexity index is 1250. The second-order valence-electron chi connectivity index (χ2n) is 8.40. The molecule has 4 heterocycles. The Balaban J connectivity index is 1.47. The minimum absolute atomic E-state index is 0.114. The highest BCUT2D eigenvalue weighted by molar-refractivity contribution is 6.29. The number of aromatic nitrogens is 5. The number of nitrogens with zero attached hydrogens (tertiary/aromatic N) is 4. The van der Waals surface area contributed by atoms with E-state index in [2.05, 4.69) is 30.2 Å². The third kappa shape index (κ3) is 3.26. The maximum Gasteiger partial charge on any atom is 0.194 e. The Morgan fingerprint density at radius 3 is 2.77 bits per heavy atom. The fraction of sp³-hybridized carbons (Fsp3) is 0.364. The second kappa shape index (κ2) is 7.30. The topological polar surface area (TPSA) is 92.5 Å². The Hall–Kier alpha value is -3.00. The average Bonchev–Trinajstić information content (AvgIpc) is 3.46. The number of rotatable bonds is 4. The van der Waals surface area contributed by atoms with Crippen molar-refractivity contribution in [3.05, 3.63) is 41.8 Å². The molecule has 0 radical (unpaired) electrons. The van der Waals surface area contributed by atoms with Crippen LogP contribution in [0.2, 0.25) is 5.15 Å². The van der Waals surface area contributed by atoms with Crippen molar-refractivity contribution in [3.63, 3.8) is 0 Å². The molecule has 4 aromatic rings. The van der Waals surface area contributed by atoms with Crippen molar-refractivity contribution < 1.29 is 8.81 Å². The highest BCUT2D eigenvalue weighted by Crippen LogP contribution is 2.43. The summed E-state index contributed by atoms with van der Waals surface area (Å²) in [6.07, 6.45) is 10.6. The van der Waals surface area contributed by atoms with Crippen LogP contribution in [-0.2, 0) is 0 Å². The molecule has 0 aromatic carbocycles. The van der Waals surface area contributed by atoms with Crippen molar-refractivity contribution in [3.8, 4) is 22.8 Å². The van der Waals surface area contributed by atoms with E-state index in [1.165, 1.54) is 38.1 Å². The summed E-state index contributed by atoms with van der Waals surface area (Å²) in [5.74, 6) is 1.62. The summed E-state index contributed by atoms with van der Waals surface area (Å²) < 4.78 is 21.0. The van der Waals surface area contributed by atoms with E-state index in [-0.39, 0.29) is 22.7 Å². The van der Waals surface area contributed by atoms with E-state index in [0.29, 0.717) is 40.1 Å². The molecule has 2 bridgehead atoms. The lowest BCUT2D eigenvalue weighted by Gasteiger charge is -2.42. The summed E-state index contributed by atoms with van der Waals surface area (Å²) in [5, 5.41) is 3.67. The van der Waals surface area contributed by atoms with Gasteiger partial charge in [-0.05, 0) is 43.2 Å². The molecule has 9 heteroatoms. The second-order valence-corrected chi connectivity index (χ2v) is 8.78. The zero-order valence-electron chi connectivity index (χ0n) is 16.6. The van der Waals surface area contributed by atoms with Gasteiger partial charge < -0.3 is 14.7 Å². The summed E-state index contributed by atoms with van der Waals surface area (Å²) >= 11 is 6.05. The predicted molar refractivity (Wildman–Crippen MR) is 115 cm³/mol. The molecule has 0 spiro atoms. The van der Waals surface area contributed by atoms with Gasteiger partial charge in [0.2, 0.25) is 0 Å². The zero-order valence-corrected chi connectivity index (χ0v) is 17.4. The van der Waals surface area contributed by atoms with Gasteiger partial charge >= 0.3 is 0 Å².